The van der Waals surface area contributed by atoms with Gasteiger partial charge >= 0.3 is 5.97 Å². The number of carbonyl (C=O) groups is 1. The summed E-state index contributed by atoms with van der Waals surface area (Å²) in [6.45, 7) is 0.913. The van der Waals surface area contributed by atoms with E-state index < -0.39 is 23.4 Å². The zero-order valence-electron chi connectivity index (χ0n) is 22.0. The number of ether oxygens (including phenoxy) is 2. The molecule has 1 fully saturated rings. The highest BCUT2D eigenvalue weighted by Crippen LogP contribution is 2.29. The summed E-state index contributed by atoms with van der Waals surface area (Å²) in [4.78, 5) is 20.4. The number of aromatic carboxylic acids is 1. The third-order valence-electron chi connectivity index (χ3n) is 7.15. The molecule has 214 valence electrons. The molecule has 3 heterocycles. The fourth-order valence-electron chi connectivity index (χ4n) is 4.81. The molecule has 1 atom stereocenters. The third-order valence-corrected chi connectivity index (χ3v) is 7.39. The van der Waals surface area contributed by atoms with Gasteiger partial charge in [-0.15, -0.1) is 0 Å². The molecule has 0 bridgehead atoms. The van der Waals surface area contributed by atoms with Crippen LogP contribution >= 0.6 is 11.6 Å². The second-order valence-electron chi connectivity index (χ2n) is 9.89. The molecule has 0 saturated carbocycles. The maximum atomic E-state index is 15.5. The number of halogens is 4. The van der Waals surface area contributed by atoms with Crippen molar-refractivity contribution < 1.29 is 32.5 Å². The Kier molecular flexibility index (Phi) is 7.57. The van der Waals surface area contributed by atoms with Crippen LogP contribution in [0, 0.1) is 17.5 Å². The van der Waals surface area contributed by atoms with Crippen molar-refractivity contribution in [3.8, 4) is 17.1 Å². The van der Waals surface area contributed by atoms with Gasteiger partial charge < -0.3 is 19.1 Å². The first kappa shape index (κ1) is 27.7. The minimum atomic E-state index is -1.08. The average molecular weight is 594 g/mol. The highest BCUT2D eigenvalue weighted by Gasteiger charge is 2.24. The predicted octanol–water partition coefficient (Wildman–Crippen LogP) is 6.83. The van der Waals surface area contributed by atoms with Gasteiger partial charge in [0.15, 0.2) is 11.6 Å². The summed E-state index contributed by atoms with van der Waals surface area (Å²) >= 11 is 5.79. The normalized spacial score (nSPS) is 14.6. The number of nitrogens with zero attached hydrogens (tertiary/aromatic N) is 3. The Morgan fingerprint density at radius 2 is 1.83 bits per heavy atom. The zero-order chi connectivity index (χ0) is 29.4. The summed E-state index contributed by atoms with van der Waals surface area (Å²) in [7, 11) is 0. The fourth-order valence-corrected chi connectivity index (χ4v) is 4.97. The number of hydrogen-bond acceptors (Lipinski definition) is 5. The van der Waals surface area contributed by atoms with Crippen molar-refractivity contribution in [2.45, 2.75) is 32.1 Å². The number of benzene rings is 3. The van der Waals surface area contributed by atoms with Crippen molar-refractivity contribution in [2.24, 2.45) is 0 Å². The van der Waals surface area contributed by atoms with Crippen LogP contribution in [0.2, 0.25) is 5.02 Å². The number of pyridine rings is 1. The van der Waals surface area contributed by atoms with E-state index in [0.29, 0.717) is 30.0 Å². The third kappa shape index (κ3) is 5.55. The van der Waals surface area contributed by atoms with E-state index in [0.717, 1.165) is 6.42 Å². The number of hydrogen-bond donors (Lipinski definition) is 1. The van der Waals surface area contributed by atoms with Crippen molar-refractivity contribution in [3.05, 3.63) is 112 Å². The van der Waals surface area contributed by atoms with Gasteiger partial charge in [0, 0.05) is 35.2 Å². The molecule has 0 aliphatic carbocycles. The molecule has 0 radical (unpaired) electrons. The first-order valence-electron chi connectivity index (χ1n) is 13.1. The Morgan fingerprint density at radius 1 is 1.02 bits per heavy atom. The van der Waals surface area contributed by atoms with Gasteiger partial charge in [0.2, 0.25) is 5.88 Å². The monoisotopic (exact) mass is 593 g/mol. The van der Waals surface area contributed by atoms with Crippen molar-refractivity contribution >= 4 is 28.6 Å². The highest BCUT2D eigenvalue weighted by atomic mass is 35.5. The minimum Gasteiger partial charge on any atom is -0.478 e. The van der Waals surface area contributed by atoms with Gasteiger partial charge in [-0.2, -0.15) is 0 Å². The van der Waals surface area contributed by atoms with Gasteiger partial charge in [0.05, 0.1) is 34.9 Å². The van der Waals surface area contributed by atoms with Crippen LogP contribution in [0.5, 0.6) is 5.88 Å². The molecule has 1 saturated heterocycles. The van der Waals surface area contributed by atoms with Crippen LogP contribution in [0.3, 0.4) is 0 Å². The molecule has 1 aliphatic heterocycles. The maximum Gasteiger partial charge on any atom is 0.335 e. The number of carboxylic acids is 1. The summed E-state index contributed by atoms with van der Waals surface area (Å²) in [5.41, 5.74) is 1.64. The van der Waals surface area contributed by atoms with Gasteiger partial charge in [-0.05, 0) is 54.4 Å². The quantitative estimate of drug-likeness (QED) is 0.202. The van der Waals surface area contributed by atoms with Crippen LogP contribution in [-0.4, -0.2) is 38.3 Å². The molecule has 0 unspecified atom stereocenters. The van der Waals surface area contributed by atoms with E-state index in [1.165, 1.54) is 54.6 Å². The zero-order valence-corrected chi connectivity index (χ0v) is 22.7. The number of imidazole rings is 1. The van der Waals surface area contributed by atoms with E-state index in [1.54, 1.807) is 12.1 Å². The molecule has 3 aromatic carbocycles. The number of carboxylic acid groups (broad SMARTS) is 1. The van der Waals surface area contributed by atoms with Crippen molar-refractivity contribution in [1.82, 2.24) is 14.5 Å². The molecule has 11 heteroatoms. The Labute approximate surface area is 243 Å². The molecule has 1 aliphatic rings. The van der Waals surface area contributed by atoms with Crippen LogP contribution in [0.15, 0.2) is 66.7 Å². The lowest BCUT2D eigenvalue weighted by Gasteiger charge is -2.27. The molecule has 0 spiro atoms. The van der Waals surface area contributed by atoms with Gasteiger partial charge in [0.1, 0.15) is 18.2 Å². The van der Waals surface area contributed by atoms with E-state index in [9.17, 15) is 14.3 Å². The smallest absolute Gasteiger partial charge is 0.335 e. The standard InChI is InChI=1S/C31H23ClF3N3O4/c32-20-7-4-19(23(33)14-20)16-42-28-3-1-2-24(37-28)22-8-5-17(29(34)30(22)35)13-27-36-25-9-6-18(31(39)40)12-26(25)38(27)15-21-10-11-41-21/h1-9,12,14,21H,10-11,13,15-16H2,(H,39,40)/t21-/m0/s1. The van der Waals surface area contributed by atoms with E-state index >= 15 is 8.78 Å². The lowest BCUT2D eigenvalue weighted by atomic mass is 10.0. The van der Waals surface area contributed by atoms with Crippen molar-refractivity contribution in [2.75, 3.05) is 6.61 Å². The molecule has 2 aromatic heterocycles. The summed E-state index contributed by atoms with van der Waals surface area (Å²) in [6.07, 6.45) is 0.728. The van der Waals surface area contributed by atoms with Gasteiger partial charge in [-0.3, -0.25) is 0 Å². The molecule has 7 nitrogen and oxygen atoms in total. The van der Waals surface area contributed by atoms with Crippen molar-refractivity contribution in [3.63, 3.8) is 0 Å². The van der Waals surface area contributed by atoms with Gasteiger partial charge in [0.25, 0.3) is 0 Å². The fraction of sp³-hybridized carbons (Fsp3) is 0.194. The second-order valence-corrected chi connectivity index (χ2v) is 10.3. The molecule has 6 rings (SSSR count). The van der Waals surface area contributed by atoms with Crippen molar-refractivity contribution in [1.29, 1.82) is 0 Å². The molecule has 1 N–H and O–H groups in total. The average Bonchev–Trinajstić information content (AvgIpc) is 3.29. The lowest BCUT2D eigenvalue weighted by molar-refractivity contribution is -0.0589. The van der Waals surface area contributed by atoms with E-state index in [2.05, 4.69) is 9.97 Å². The SMILES string of the molecule is O=C(O)c1ccc2nc(Cc3ccc(-c4cccc(OCc5ccc(Cl)cc5F)n4)c(F)c3F)n(C[C@@H]3CCO3)c2c1. The molecule has 5 aromatic rings. The highest BCUT2D eigenvalue weighted by molar-refractivity contribution is 6.30. The molecular weight excluding hydrogens is 571 g/mol. The summed E-state index contributed by atoms with van der Waals surface area (Å²) in [5.74, 6) is -3.17. The van der Waals surface area contributed by atoms with Crippen LogP contribution in [-0.2, 0) is 24.3 Å². The maximum absolute atomic E-state index is 15.5. The van der Waals surface area contributed by atoms with Gasteiger partial charge in [-0.1, -0.05) is 29.8 Å². The molecule has 0 amide bonds. The Balaban J connectivity index is 1.27. The van der Waals surface area contributed by atoms with E-state index in [1.807, 2.05) is 4.57 Å². The molecular formula is C31H23ClF3N3O4. The van der Waals surface area contributed by atoms with Gasteiger partial charge in [-0.25, -0.2) is 27.9 Å². The Bertz CT molecular complexity index is 1820. The lowest BCUT2D eigenvalue weighted by Crippen LogP contribution is -2.31. The van der Waals surface area contributed by atoms with E-state index in [-0.39, 0.29) is 58.0 Å². The number of fused-ring (bicyclic) bond motifs is 1. The first-order chi connectivity index (χ1) is 20.3. The second kappa shape index (κ2) is 11.5. The summed E-state index contributed by atoms with van der Waals surface area (Å²) in [5, 5.41) is 9.70. The Morgan fingerprint density at radius 3 is 2.57 bits per heavy atom. The van der Waals surface area contributed by atoms with Crippen LogP contribution < -0.4 is 4.74 Å². The predicted molar refractivity (Wildman–Crippen MR) is 149 cm³/mol. The first-order valence-corrected chi connectivity index (χ1v) is 13.5. The minimum absolute atomic E-state index is 0.0317. The number of rotatable bonds is 9. The van der Waals surface area contributed by atoms with Crippen LogP contribution in [0.1, 0.15) is 33.7 Å². The van der Waals surface area contributed by atoms with Crippen LogP contribution in [0.25, 0.3) is 22.3 Å². The molecule has 42 heavy (non-hydrogen) atoms. The largest absolute Gasteiger partial charge is 0.478 e. The topological polar surface area (TPSA) is 86.5 Å². The van der Waals surface area contributed by atoms with E-state index in [4.69, 9.17) is 21.1 Å². The summed E-state index contributed by atoms with van der Waals surface area (Å²) < 4.78 is 57.9. The number of aromatic nitrogens is 3. The summed E-state index contributed by atoms with van der Waals surface area (Å²) in [6, 6.07) is 16.3. The Hall–Kier alpha value is -4.41. The van der Waals surface area contributed by atoms with Crippen LogP contribution in [0.4, 0.5) is 13.2 Å².